The van der Waals surface area contributed by atoms with E-state index in [2.05, 4.69) is 10.6 Å². The summed E-state index contributed by atoms with van der Waals surface area (Å²) in [4.78, 5) is 37.8. The number of carbonyl (C=O) groups is 3. The highest BCUT2D eigenvalue weighted by atomic mass is 16.5. The van der Waals surface area contributed by atoms with Gasteiger partial charge in [-0.05, 0) is 49.2 Å². The molecule has 0 spiro atoms. The van der Waals surface area contributed by atoms with Gasteiger partial charge in [0.15, 0.2) is 6.61 Å². The van der Waals surface area contributed by atoms with Crippen LogP contribution in [0.4, 0.5) is 11.4 Å². The molecular formula is C22H25N3O4. The number of anilines is 2. The molecule has 1 aliphatic heterocycles. The second-order valence-corrected chi connectivity index (χ2v) is 7.12. The fraction of sp³-hybridized carbons (Fsp3) is 0.318. The Labute approximate surface area is 170 Å². The van der Waals surface area contributed by atoms with Crippen LogP contribution in [0.3, 0.4) is 0 Å². The third-order valence-corrected chi connectivity index (χ3v) is 5.01. The number of nitrogens with one attached hydrogen (secondary N) is 2. The zero-order chi connectivity index (χ0) is 21.0. The number of rotatable bonds is 6. The summed E-state index contributed by atoms with van der Waals surface area (Å²) in [5.74, 6) is -0.262. The van der Waals surface area contributed by atoms with Gasteiger partial charge in [0, 0.05) is 31.4 Å². The van der Waals surface area contributed by atoms with Crippen molar-refractivity contribution in [1.82, 2.24) is 5.32 Å². The first-order valence-corrected chi connectivity index (χ1v) is 9.50. The van der Waals surface area contributed by atoms with E-state index >= 15 is 0 Å². The number of aryl methyl sites for hydroxylation is 2. The second kappa shape index (κ2) is 8.77. The Morgan fingerprint density at radius 1 is 1.10 bits per heavy atom. The Morgan fingerprint density at radius 2 is 1.76 bits per heavy atom. The lowest BCUT2D eigenvalue weighted by atomic mass is 10.1. The van der Waals surface area contributed by atoms with E-state index in [9.17, 15) is 14.4 Å². The molecule has 2 aromatic carbocycles. The Hall–Kier alpha value is -3.35. The average Bonchev–Trinajstić information content (AvgIpc) is 3.11. The zero-order valence-corrected chi connectivity index (χ0v) is 16.8. The summed E-state index contributed by atoms with van der Waals surface area (Å²) in [5.41, 5.74) is 3.49. The molecule has 7 heteroatoms. The molecule has 1 aliphatic rings. The topological polar surface area (TPSA) is 87.7 Å². The number of amides is 3. The lowest BCUT2D eigenvalue weighted by Crippen LogP contribution is -2.30. The Bertz CT molecular complexity index is 904. The maximum Gasteiger partial charge on any atom is 0.262 e. The van der Waals surface area contributed by atoms with Crippen LogP contribution in [-0.4, -0.2) is 37.9 Å². The van der Waals surface area contributed by atoms with Crippen LogP contribution in [-0.2, 0) is 14.4 Å². The zero-order valence-electron chi connectivity index (χ0n) is 16.8. The van der Waals surface area contributed by atoms with Gasteiger partial charge in [-0.1, -0.05) is 18.2 Å². The van der Waals surface area contributed by atoms with Gasteiger partial charge in [-0.2, -0.15) is 0 Å². The van der Waals surface area contributed by atoms with Crippen molar-refractivity contribution in [2.75, 3.05) is 30.4 Å². The second-order valence-electron chi connectivity index (χ2n) is 7.12. The first kappa shape index (κ1) is 20.4. The number of carbonyl (C=O) groups excluding carboxylic acids is 3. The van der Waals surface area contributed by atoms with Crippen LogP contribution >= 0.6 is 0 Å². The Morgan fingerprint density at radius 3 is 2.38 bits per heavy atom. The molecular weight excluding hydrogens is 370 g/mol. The molecule has 0 saturated carbocycles. The van der Waals surface area contributed by atoms with Crippen LogP contribution in [0.2, 0.25) is 0 Å². The average molecular weight is 395 g/mol. The summed E-state index contributed by atoms with van der Waals surface area (Å²) in [7, 11) is 1.57. The molecule has 1 atom stereocenters. The molecule has 0 unspecified atom stereocenters. The summed E-state index contributed by atoms with van der Waals surface area (Å²) in [5, 5.41) is 5.46. The highest BCUT2D eigenvalue weighted by Gasteiger charge is 2.34. The number of benzene rings is 2. The van der Waals surface area contributed by atoms with Crippen molar-refractivity contribution in [3.63, 3.8) is 0 Å². The molecule has 7 nitrogen and oxygen atoms in total. The lowest BCUT2D eigenvalue weighted by molar-refractivity contribution is -0.125. The maximum atomic E-state index is 12.2. The number of nitrogens with zero attached hydrogens (tertiary/aromatic N) is 1. The fourth-order valence-corrected chi connectivity index (χ4v) is 3.40. The van der Waals surface area contributed by atoms with Crippen LogP contribution in [0.5, 0.6) is 5.75 Å². The minimum Gasteiger partial charge on any atom is -0.484 e. The molecule has 0 aliphatic carbocycles. The Kier molecular flexibility index (Phi) is 6.16. The lowest BCUT2D eigenvalue weighted by Gasteiger charge is -2.17. The molecule has 2 aromatic rings. The number of ether oxygens (including phenoxy) is 1. The van der Waals surface area contributed by atoms with E-state index in [-0.39, 0.29) is 36.7 Å². The van der Waals surface area contributed by atoms with Crippen molar-refractivity contribution in [3.8, 4) is 5.75 Å². The highest BCUT2D eigenvalue weighted by molar-refractivity contribution is 6.00. The van der Waals surface area contributed by atoms with Gasteiger partial charge in [0.2, 0.25) is 11.8 Å². The number of hydrogen-bond acceptors (Lipinski definition) is 4. The van der Waals surface area contributed by atoms with Gasteiger partial charge >= 0.3 is 0 Å². The van der Waals surface area contributed by atoms with E-state index in [4.69, 9.17) is 4.74 Å². The van der Waals surface area contributed by atoms with Gasteiger partial charge in [-0.3, -0.25) is 14.4 Å². The van der Waals surface area contributed by atoms with Crippen LogP contribution < -0.4 is 20.3 Å². The van der Waals surface area contributed by atoms with Crippen LogP contribution in [0, 0.1) is 19.8 Å². The van der Waals surface area contributed by atoms with Crippen LogP contribution in [0.25, 0.3) is 0 Å². The van der Waals surface area contributed by atoms with E-state index < -0.39 is 0 Å². The predicted octanol–water partition coefficient (Wildman–Crippen LogP) is 2.42. The van der Waals surface area contributed by atoms with Gasteiger partial charge in [-0.15, -0.1) is 0 Å². The minimum atomic E-state index is -0.336. The van der Waals surface area contributed by atoms with E-state index in [0.717, 1.165) is 16.8 Å². The first-order chi connectivity index (χ1) is 13.9. The largest absolute Gasteiger partial charge is 0.484 e. The molecule has 3 rings (SSSR count). The SMILES string of the molecule is CNC(=O)[C@H]1CC(=O)N(c2ccc(OCC(=O)Nc3c(C)cccc3C)cc2)C1. The van der Waals surface area contributed by atoms with Gasteiger partial charge in [-0.25, -0.2) is 0 Å². The standard InChI is InChI=1S/C22H25N3O4/c1-14-5-4-6-15(2)21(14)24-19(26)13-29-18-9-7-17(8-10-18)25-12-16(11-20(25)27)22(28)23-3/h4-10,16H,11-13H2,1-3H3,(H,23,28)(H,24,26)/t16-/m0/s1. The van der Waals surface area contributed by atoms with Gasteiger partial charge < -0.3 is 20.3 Å². The van der Waals surface area contributed by atoms with Gasteiger partial charge in [0.25, 0.3) is 5.91 Å². The summed E-state index contributed by atoms with van der Waals surface area (Å²) >= 11 is 0. The van der Waals surface area contributed by atoms with Crippen molar-refractivity contribution in [2.24, 2.45) is 5.92 Å². The van der Waals surface area contributed by atoms with E-state index in [1.54, 1.807) is 36.2 Å². The van der Waals surface area contributed by atoms with Crippen molar-refractivity contribution in [3.05, 3.63) is 53.6 Å². The minimum absolute atomic E-state index is 0.0831. The van der Waals surface area contributed by atoms with Crippen LogP contribution in [0.15, 0.2) is 42.5 Å². The van der Waals surface area contributed by atoms with E-state index in [1.165, 1.54) is 0 Å². The number of hydrogen-bond donors (Lipinski definition) is 2. The Balaban J connectivity index is 1.56. The highest BCUT2D eigenvalue weighted by Crippen LogP contribution is 2.27. The molecule has 1 saturated heterocycles. The van der Waals surface area contributed by atoms with Gasteiger partial charge in [0.05, 0.1) is 5.92 Å². The van der Waals surface area contributed by atoms with Crippen molar-refractivity contribution < 1.29 is 19.1 Å². The smallest absolute Gasteiger partial charge is 0.262 e. The normalized spacial score (nSPS) is 15.9. The quantitative estimate of drug-likeness (QED) is 0.786. The molecule has 152 valence electrons. The summed E-state index contributed by atoms with van der Waals surface area (Å²) in [6.45, 7) is 4.12. The van der Waals surface area contributed by atoms with Crippen molar-refractivity contribution in [2.45, 2.75) is 20.3 Å². The van der Waals surface area contributed by atoms with E-state index in [0.29, 0.717) is 18.0 Å². The van der Waals surface area contributed by atoms with Crippen molar-refractivity contribution in [1.29, 1.82) is 0 Å². The fourth-order valence-electron chi connectivity index (χ4n) is 3.40. The third-order valence-electron chi connectivity index (χ3n) is 5.01. The summed E-state index contributed by atoms with van der Waals surface area (Å²) < 4.78 is 5.56. The molecule has 0 bridgehead atoms. The summed E-state index contributed by atoms with van der Waals surface area (Å²) in [6.07, 6.45) is 0.205. The molecule has 1 heterocycles. The molecule has 1 fully saturated rings. The summed E-state index contributed by atoms with van der Waals surface area (Å²) in [6, 6.07) is 12.8. The number of para-hydroxylation sites is 1. The predicted molar refractivity (Wildman–Crippen MR) is 111 cm³/mol. The maximum absolute atomic E-state index is 12.2. The van der Waals surface area contributed by atoms with Crippen molar-refractivity contribution >= 4 is 29.1 Å². The van der Waals surface area contributed by atoms with E-state index in [1.807, 2.05) is 32.0 Å². The van der Waals surface area contributed by atoms with Gasteiger partial charge in [0.1, 0.15) is 5.75 Å². The van der Waals surface area contributed by atoms with Crippen LogP contribution in [0.1, 0.15) is 17.5 Å². The monoisotopic (exact) mass is 395 g/mol. The molecule has 0 aromatic heterocycles. The first-order valence-electron chi connectivity index (χ1n) is 9.50. The molecule has 29 heavy (non-hydrogen) atoms. The molecule has 2 N–H and O–H groups in total. The third kappa shape index (κ3) is 4.74. The molecule has 0 radical (unpaired) electrons. The molecule has 3 amide bonds.